The maximum atomic E-state index is 13.5. The van der Waals surface area contributed by atoms with Gasteiger partial charge < -0.3 is 29.0 Å². The second-order valence-corrected chi connectivity index (χ2v) is 9.88. The summed E-state index contributed by atoms with van der Waals surface area (Å²) in [5, 5.41) is 4.64. The van der Waals surface area contributed by atoms with Crippen molar-refractivity contribution in [3.63, 3.8) is 0 Å². The molecule has 0 spiro atoms. The van der Waals surface area contributed by atoms with Crippen molar-refractivity contribution in [1.29, 1.82) is 0 Å². The number of nitrogens with one attached hydrogen (secondary N) is 1. The Kier molecular flexibility index (Phi) is 7.02. The minimum absolute atomic E-state index is 0.0470. The first-order valence-corrected chi connectivity index (χ1v) is 13.3. The first kappa shape index (κ1) is 27.6. The summed E-state index contributed by atoms with van der Waals surface area (Å²) in [6.07, 6.45) is -2.46. The minimum atomic E-state index is -3.80. The van der Waals surface area contributed by atoms with E-state index in [1.165, 1.54) is 29.4 Å². The van der Waals surface area contributed by atoms with Crippen LogP contribution in [0.4, 0.5) is 14.5 Å². The average Bonchev–Trinajstić information content (AvgIpc) is 3.58. The molecule has 218 valence electrons. The molecule has 0 unspecified atom stereocenters. The van der Waals surface area contributed by atoms with E-state index in [4.69, 9.17) is 16.3 Å². The van der Waals surface area contributed by atoms with Crippen LogP contribution in [0, 0.1) is 0 Å². The molecule has 0 saturated carbocycles. The first-order valence-electron chi connectivity index (χ1n) is 13.0. The Bertz CT molecular complexity index is 1770. The van der Waals surface area contributed by atoms with Crippen LogP contribution >= 0.6 is 11.6 Å². The molecule has 1 saturated heterocycles. The highest BCUT2D eigenvalue weighted by atomic mass is 35.5. The van der Waals surface area contributed by atoms with Crippen LogP contribution in [0.15, 0.2) is 47.5 Å². The molecule has 1 N–H and O–H groups in total. The van der Waals surface area contributed by atoms with Crippen molar-refractivity contribution in [2.45, 2.75) is 19.8 Å². The van der Waals surface area contributed by atoms with Gasteiger partial charge in [0.1, 0.15) is 12.2 Å². The summed E-state index contributed by atoms with van der Waals surface area (Å²) in [5.74, 6) is -1.14. The zero-order valence-electron chi connectivity index (χ0n) is 22.1. The van der Waals surface area contributed by atoms with Gasteiger partial charge in [-0.1, -0.05) is 17.7 Å². The lowest BCUT2D eigenvalue weighted by Crippen LogP contribution is -2.40. The largest absolute Gasteiger partial charge is 0.586 e. The second-order valence-electron chi connectivity index (χ2n) is 9.47. The molecule has 15 heteroatoms. The molecule has 1 fully saturated rings. The highest BCUT2D eigenvalue weighted by molar-refractivity contribution is 6.34. The number of nitrogens with zero attached hydrogens (tertiary/aromatic N) is 5. The molecule has 0 bridgehead atoms. The molecule has 2 amide bonds. The van der Waals surface area contributed by atoms with Gasteiger partial charge in [0.15, 0.2) is 17.0 Å². The van der Waals surface area contributed by atoms with Gasteiger partial charge in [-0.25, -0.2) is 9.67 Å². The van der Waals surface area contributed by atoms with Gasteiger partial charge in [0, 0.05) is 37.0 Å². The number of carbonyl (C=O) groups excluding carboxylic acids is 2. The monoisotopic (exact) mass is 600 g/mol. The number of aromatic nitrogens is 4. The number of H-pyrrole nitrogens is 1. The van der Waals surface area contributed by atoms with Gasteiger partial charge in [0.25, 0.3) is 11.5 Å². The van der Waals surface area contributed by atoms with Crippen LogP contribution in [0.5, 0.6) is 11.5 Å². The standard InChI is InChI=1S/C27H23ClF2N6O6/c1-2-35(16-4-6-19-20(12-16)42-27(29,30)41-19)21(37)13-36-26(39)24-23(31-14-32-24)22(33-36)15-3-5-17(18(28)11-15)25(38)34-7-9-40-10-8-34/h3-6,11-12,14H,2,7-10,13H2,1H3,(H,31,32). The summed E-state index contributed by atoms with van der Waals surface area (Å²) in [4.78, 5) is 49.5. The van der Waals surface area contributed by atoms with Gasteiger partial charge in [-0.2, -0.15) is 5.10 Å². The average molecular weight is 601 g/mol. The Morgan fingerprint density at radius 2 is 1.88 bits per heavy atom. The Morgan fingerprint density at radius 3 is 2.62 bits per heavy atom. The van der Waals surface area contributed by atoms with E-state index in [-0.39, 0.29) is 45.9 Å². The van der Waals surface area contributed by atoms with Gasteiger partial charge in [-0.05, 0) is 31.2 Å². The Balaban J connectivity index is 1.31. The number of morpholine rings is 1. The number of anilines is 1. The molecule has 2 aliphatic heterocycles. The molecular formula is C27H23ClF2N6O6. The quantitative estimate of drug-likeness (QED) is 0.357. The highest BCUT2D eigenvalue weighted by Crippen LogP contribution is 2.43. The van der Waals surface area contributed by atoms with E-state index >= 15 is 0 Å². The van der Waals surface area contributed by atoms with Gasteiger partial charge in [-0.3, -0.25) is 14.4 Å². The molecule has 2 aromatic carbocycles. The van der Waals surface area contributed by atoms with Crippen molar-refractivity contribution in [3.05, 3.63) is 63.7 Å². The SMILES string of the molecule is CCN(C(=O)Cn1nc(-c2ccc(C(=O)N3CCOCC3)c(Cl)c2)c2[nH]cnc2c1=O)c1ccc2c(c1)OC(F)(F)O2. The fraction of sp³-hybridized carbons (Fsp3) is 0.296. The number of hydrogen-bond donors (Lipinski definition) is 1. The molecule has 2 aliphatic rings. The number of imidazole rings is 1. The predicted octanol–water partition coefficient (Wildman–Crippen LogP) is 3.29. The van der Waals surface area contributed by atoms with E-state index in [2.05, 4.69) is 24.5 Å². The third-order valence-corrected chi connectivity index (χ3v) is 7.22. The Labute approximate surface area is 241 Å². The summed E-state index contributed by atoms with van der Waals surface area (Å²) >= 11 is 6.53. The van der Waals surface area contributed by atoms with Crippen molar-refractivity contribution in [3.8, 4) is 22.8 Å². The molecule has 12 nitrogen and oxygen atoms in total. The van der Waals surface area contributed by atoms with E-state index in [1.54, 1.807) is 30.0 Å². The lowest BCUT2D eigenvalue weighted by atomic mass is 10.1. The second kappa shape index (κ2) is 10.7. The molecular weight excluding hydrogens is 578 g/mol. The van der Waals surface area contributed by atoms with Gasteiger partial charge in [0.2, 0.25) is 5.91 Å². The summed E-state index contributed by atoms with van der Waals surface area (Å²) in [7, 11) is 0. The topological polar surface area (TPSA) is 132 Å². The third kappa shape index (κ3) is 5.03. The summed E-state index contributed by atoms with van der Waals surface area (Å²) in [6.45, 7) is 3.19. The molecule has 0 atom stereocenters. The van der Waals surface area contributed by atoms with E-state index < -0.39 is 24.3 Å². The maximum Gasteiger partial charge on any atom is 0.586 e. The maximum absolute atomic E-state index is 13.5. The third-order valence-electron chi connectivity index (χ3n) is 6.90. The molecule has 0 radical (unpaired) electrons. The minimum Gasteiger partial charge on any atom is -0.395 e. The number of aromatic amines is 1. The van der Waals surface area contributed by atoms with Crippen LogP contribution in [-0.2, 0) is 16.1 Å². The van der Waals surface area contributed by atoms with E-state index in [0.717, 1.165) is 4.68 Å². The van der Waals surface area contributed by atoms with Gasteiger partial charge >= 0.3 is 6.29 Å². The Hall–Kier alpha value is -4.56. The molecule has 4 aromatic rings. The van der Waals surface area contributed by atoms with Crippen molar-refractivity contribution < 1.29 is 32.6 Å². The number of amides is 2. The van der Waals surface area contributed by atoms with E-state index in [1.807, 2.05) is 0 Å². The van der Waals surface area contributed by atoms with Crippen molar-refractivity contribution in [2.24, 2.45) is 0 Å². The predicted molar refractivity (Wildman–Crippen MR) is 146 cm³/mol. The Morgan fingerprint density at radius 1 is 1.12 bits per heavy atom. The van der Waals surface area contributed by atoms with E-state index in [0.29, 0.717) is 42.9 Å². The van der Waals surface area contributed by atoms with Crippen LogP contribution in [-0.4, -0.2) is 75.6 Å². The number of ether oxygens (including phenoxy) is 3. The molecule has 4 heterocycles. The zero-order chi connectivity index (χ0) is 29.6. The first-order chi connectivity index (χ1) is 20.1. The zero-order valence-corrected chi connectivity index (χ0v) is 22.9. The van der Waals surface area contributed by atoms with Crippen LogP contribution in [0.1, 0.15) is 17.3 Å². The van der Waals surface area contributed by atoms with Crippen molar-refractivity contribution >= 4 is 40.1 Å². The van der Waals surface area contributed by atoms with Crippen LogP contribution < -0.4 is 19.9 Å². The molecule has 0 aliphatic carbocycles. The number of alkyl halides is 2. The summed E-state index contributed by atoms with van der Waals surface area (Å²) in [5.41, 5.74) is 1.11. The number of carbonyl (C=O) groups is 2. The van der Waals surface area contributed by atoms with Gasteiger partial charge in [-0.15, -0.1) is 8.78 Å². The molecule has 2 aromatic heterocycles. The fourth-order valence-corrected chi connectivity index (χ4v) is 5.14. The van der Waals surface area contributed by atoms with Crippen molar-refractivity contribution in [1.82, 2.24) is 24.6 Å². The molecule has 42 heavy (non-hydrogen) atoms. The number of rotatable bonds is 6. The number of fused-ring (bicyclic) bond motifs is 2. The van der Waals surface area contributed by atoms with Crippen LogP contribution in [0.3, 0.4) is 0 Å². The number of benzene rings is 2. The van der Waals surface area contributed by atoms with Crippen LogP contribution in [0.2, 0.25) is 5.02 Å². The smallest absolute Gasteiger partial charge is 0.395 e. The van der Waals surface area contributed by atoms with Gasteiger partial charge in [0.05, 0.1) is 35.6 Å². The number of hydrogen-bond acceptors (Lipinski definition) is 8. The highest BCUT2D eigenvalue weighted by Gasteiger charge is 2.43. The van der Waals surface area contributed by atoms with Crippen molar-refractivity contribution in [2.75, 3.05) is 37.7 Å². The molecule has 6 rings (SSSR count). The lowest BCUT2D eigenvalue weighted by molar-refractivity contribution is -0.286. The van der Waals surface area contributed by atoms with Crippen LogP contribution in [0.25, 0.3) is 22.3 Å². The normalized spacial score (nSPS) is 15.7. The fourth-order valence-electron chi connectivity index (χ4n) is 4.88. The lowest BCUT2D eigenvalue weighted by Gasteiger charge is -2.27. The summed E-state index contributed by atoms with van der Waals surface area (Å²) in [6, 6.07) is 8.77. The number of likely N-dealkylation sites (N-methyl/N-ethyl adjacent to an activating group) is 1. The number of halogens is 3. The summed E-state index contributed by atoms with van der Waals surface area (Å²) < 4.78 is 42.2. The van der Waals surface area contributed by atoms with E-state index in [9.17, 15) is 23.2 Å².